The summed E-state index contributed by atoms with van der Waals surface area (Å²) in [7, 11) is 0. The first-order valence-corrected chi connectivity index (χ1v) is 6.16. The fraction of sp³-hybridized carbons (Fsp3) is 0.455. The molecule has 7 heteroatoms. The number of nitrogens with zero attached hydrogens (tertiary/aromatic N) is 5. The number of aliphatic hydroxyl groups excluding tert-OH is 1. The third kappa shape index (κ3) is 1.87. The van der Waals surface area contributed by atoms with E-state index in [1.165, 1.54) is 6.33 Å². The summed E-state index contributed by atoms with van der Waals surface area (Å²) in [6, 6.07) is 0.0619. The molecule has 0 saturated heterocycles. The second kappa shape index (κ2) is 4.62. The highest BCUT2D eigenvalue weighted by Gasteiger charge is 2.22. The molecule has 18 heavy (non-hydrogen) atoms. The molecule has 1 N–H and O–H groups in total. The Morgan fingerprint density at radius 2 is 2.33 bits per heavy atom. The normalized spacial score (nSPS) is 23.7. The molecule has 1 aliphatic rings. The molecule has 2 atom stereocenters. The Morgan fingerprint density at radius 3 is 3.17 bits per heavy atom. The fourth-order valence-corrected chi connectivity index (χ4v) is 2.40. The Balaban J connectivity index is 2.02. The molecule has 0 aromatic carbocycles. The predicted octanol–water partition coefficient (Wildman–Crippen LogP) is 1.37. The van der Waals surface area contributed by atoms with Crippen molar-refractivity contribution in [3.05, 3.63) is 23.6 Å². The van der Waals surface area contributed by atoms with Crippen molar-refractivity contribution in [2.24, 2.45) is 5.92 Å². The van der Waals surface area contributed by atoms with Crippen molar-refractivity contribution in [2.75, 3.05) is 6.61 Å². The molecule has 1 aliphatic carbocycles. The minimum atomic E-state index is 0.0619. The van der Waals surface area contributed by atoms with E-state index >= 15 is 0 Å². The third-order valence-corrected chi connectivity index (χ3v) is 3.47. The van der Waals surface area contributed by atoms with Gasteiger partial charge in [-0.2, -0.15) is 0 Å². The van der Waals surface area contributed by atoms with Crippen LogP contribution >= 0.6 is 11.6 Å². The summed E-state index contributed by atoms with van der Waals surface area (Å²) in [5.74, 6) is 0.261. The smallest absolute Gasteiger partial charge is 0.183 e. The van der Waals surface area contributed by atoms with E-state index in [0.29, 0.717) is 16.3 Å². The molecule has 94 valence electrons. The van der Waals surface area contributed by atoms with Gasteiger partial charge in [-0.15, -0.1) is 5.10 Å². The van der Waals surface area contributed by atoms with Gasteiger partial charge in [-0.05, 0) is 18.8 Å². The molecule has 6 nitrogen and oxygen atoms in total. The largest absolute Gasteiger partial charge is 0.396 e. The zero-order valence-corrected chi connectivity index (χ0v) is 10.3. The van der Waals surface area contributed by atoms with E-state index in [-0.39, 0.29) is 18.6 Å². The van der Waals surface area contributed by atoms with Crippen LogP contribution in [0, 0.1) is 5.92 Å². The molecular weight excluding hydrogens is 254 g/mol. The van der Waals surface area contributed by atoms with Crippen LogP contribution in [0.2, 0.25) is 5.15 Å². The molecule has 0 saturated carbocycles. The Labute approximate surface area is 108 Å². The van der Waals surface area contributed by atoms with Crippen molar-refractivity contribution >= 4 is 22.8 Å². The molecule has 2 aromatic heterocycles. The van der Waals surface area contributed by atoms with Gasteiger partial charge < -0.3 is 5.11 Å². The number of hydrogen-bond donors (Lipinski definition) is 1. The van der Waals surface area contributed by atoms with Gasteiger partial charge in [-0.3, -0.25) is 0 Å². The van der Waals surface area contributed by atoms with Crippen LogP contribution < -0.4 is 0 Å². The lowest BCUT2D eigenvalue weighted by Gasteiger charge is -2.23. The van der Waals surface area contributed by atoms with Crippen molar-refractivity contribution in [1.82, 2.24) is 25.0 Å². The van der Waals surface area contributed by atoms with E-state index in [0.717, 1.165) is 12.8 Å². The van der Waals surface area contributed by atoms with Gasteiger partial charge in [-0.25, -0.2) is 14.6 Å². The van der Waals surface area contributed by atoms with Gasteiger partial charge in [0.25, 0.3) is 0 Å². The van der Waals surface area contributed by atoms with Crippen LogP contribution in [0.1, 0.15) is 18.9 Å². The molecule has 0 unspecified atom stereocenters. The second-order valence-corrected chi connectivity index (χ2v) is 4.74. The fourth-order valence-electron chi connectivity index (χ4n) is 2.24. The number of rotatable bonds is 2. The average Bonchev–Trinajstić information content (AvgIpc) is 2.84. The molecule has 0 aliphatic heterocycles. The zero-order chi connectivity index (χ0) is 12.5. The highest BCUT2D eigenvalue weighted by molar-refractivity contribution is 6.33. The zero-order valence-electron chi connectivity index (χ0n) is 9.57. The lowest BCUT2D eigenvalue weighted by Crippen LogP contribution is -2.19. The van der Waals surface area contributed by atoms with Crippen LogP contribution in [0.4, 0.5) is 0 Å². The van der Waals surface area contributed by atoms with Crippen LogP contribution in [0.15, 0.2) is 18.5 Å². The Morgan fingerprint density at radius 1 is 1.44 bits per heavy atom. The molecule has 0 amide bonds. The summed E-state index contributed by atoms with van der Waals surface area (Å²) in [4.78, 5) is 8.05. The van der Waals surface area contributed by atoms with Crippen LogP contribution in [0.25, 0.3) is 11.2 Å². The highest BCUT2D eigenvalue weighted by atomic mass is 35.5. The van der Waals surface area contributed by atoms with Gasteiger partial charge in [-0.1, -0.05) is 29.0 Å². The number of fused-ring (bicyclic) bond motifs is 1. The van der Waals surface area contributed by atoms with Gasteiger partial charge in [0.1, 0.15) is 6.33 Å². The number of aliphatic hydroxyl groups is 1. The number of allylic oxidation sites excluding steroid dienone is 2. The van der Waals surface area contributed by atoms with Crippen molar-refractivity contribution < 1.29 is 5.11 Å². The van der Waals surface area contributed by atoms with E-state index in [2.05, 4.69) is 32.4 Å². The lowest BCUT2D eigenvalue weighted by molar-refractivity contribution is 0.202. The van der Waals surface area contributed by atoms with Crippen molar-refractivity contribution in [3.63, 3.8) is 0 Å². The minimum Gasteiger partial charge on any atom is -0.396 e. The van der Waals surface area contributed by atoms with Gasteiger partial charge >= 0.3 is 0 Å². The molecule has 2 heterocycles. The first kappa shape index (κ1) is 11.6. The van der Waals surface area contributed by atoms with E-state index in [1.807, 2.05) is 0 Å². The standard InChI is InChI=1S/C11H12ClN5O/c12-10-9-11(14-6-13-10)17(16-15-9)8-3-1-2-7(4-8)5-18/h1,3,6-8,18H,2,4-5H2/t7-,8-/m1/s1. The maximum atomic E-state index is 9.24. The Bertz CT molecular complexity index is 596. The maximum Gasteiger partial charge on any atom is 0.183 e. The average molecular weight is 266 g/mol. The van der Waals surface area contributed by atoms with Gasteiger partial charge in [0.05, 0.1) is 6.04 Å². The predicted molar refractivity (Wildman–Crippen MR) is 66.1 cm³/mol. The Kier molecular flexibility index (Phi) is 2.97. The van der Waals surface area contributed by atoms with Crippen LogP contribution in [0.3, 0.4) is 0 Å². The van der Waals surface area contributed by atoms with Crippen LogP contribution in [-0.4, -0.2) is 36.7 Å². The number of aromatic nitrogens is 5. The summed E-state index contributed by atoms with van der Waals surface area (Å²) in [6.07, 6.45) is 7.25. The molecule has 0 radical (unpaired) electrons. The summed E-state index contributed by atoms with van der Waals surface area (Å²) < 4.78 is 1.74. The molecule has 0 spiro atoms. The van der Waals surface area contributed by atoms with E-state index in [4.69, 9.17) is 11.6 Å². The lowest BCUT2D eigenvalue weighted by atomic mass is 9.92. The SMILES string of the molecule is OC[C@@H]1CC=C[C@@H](n2nnc3c(Cl)ncnc32)C1. The summed E-state index contributed by atoms with van der Waals surface area (Å²) in [5.41, 5.74) is 1.14. The van der Waals surface area contributed by atoms with E-state index in [9.17, 15) is 5.11 Å². The topological polar surface area (TPSA) is 76.7 Å². The summed E-state index contributed by atoms with van der Waals surface area (Å²) in [6.45, 7) is 0.184. The molecule has 2 aromatic rings. The highest BCUT2D eigenvalue weighted by Crippen LogP contribution is 2.28. The molecule has 0 fully saturated rings. The summed E-state index contributed by atoms with van der Waals surface area (Å²) in [5, 5.41) is 17.6. The van der Waals surface area contributed by atoms with Gasteiger partial charge in [0, 0.05) is 6.61 Å². The van der Waals surface area contributed by atoms with E-state index in [1.54, 1.807) is 4.68 Å². The number of hydrogen-bond acceptors (Lipinski definition) is 5. The number of halogens is 1. The van der Waals surface area contributed by atoms with Crippen LogP contribution in [-0.2, 0) is 0 Å². The first-order valence-electron chi connectivity index (χ1n) is 5.78. The molecule has 0 bridgehead atoms. The van der Waals surface area contributed by atoms with Crippen molar-refractivity contribution in [2.45, 2.75) is 18.9 Å². The Hall–Kier alpha value is -1.53. The maximum absolute atomic E-state index is 9.24. The quantitative estimate of drug-likeness (QED) is 0.656. The van der Waals surface area contributed by atoms with Crippen molar-refractivity contribution in [1.29, 1.82) is 0 Å². The molecular formula is C11H12ClN5O. The van der Waals surface area contributed by atoms with Crippen LogP contribution in [0.5, 0.6) is 0 Å². The van der Waals surface area contributed by atoms with Gasteiger partial charge in [0.2, 0.25) is 0 Å². The minimum absolute atomic E-state index is 0.0619. The van der Waals surface area contributed by atoms with E-state index < -0.39 is 0 Å². The van der Waals surface area contributed by atoms with Gasteiger partial charge in [0.15, 0.2) is 16.3 Å². The monoisotopic (exact) mass is 265 g/mol. The third-order valence-electron chi connectivity index (χ3n) is 3.19. The first-order chi connectivity index (χ1) is 8.79. The summed E-state index contributed by atoms with van der Waals surface area (Å²) >= 11 is 5.94. The molecule has 3 rings (SSSR count). The second-order valence-electron chi connectivity index (χ2n) is 4.39. The van der Waals surface area contributed by atoms with Crippen molar-refractivity contribution in [3.8, 4) is 0 Å².